The Hall–Kier alpha value is -2.33. The first-order valence-electron chi connectivity index (χ1n) is 9.56. The predicted molar refractivity (Wildman–Crippen MR) is 102 cm³/mol. The van der Waals surface area contributed by atoms with Gasteiger partial charge in [-0.3, -0.25) is 4.79 Å². The van der Waals surface area contributed by atoms with Crippen molar-refractivity contribution in [2.24, 2.45) is 11.8 Å². The minimum atomic E-state index is 0.146. The summed E-state index contributed by atoms with van der Waals surface area (Å²) in [5.41, 5.74) is 1.89. The van der Waals surface area contributed by atoms with Crippen LogP contribution in [-0.4, -0.2) is 37.0 Å². The largest absolute Gasteiger partial charge is 0.489 e. The molecule has 2 fully saturated rings. The topological polar surface area (TPSA) is 41.6 Å². The molecule has 2 heterocycles. The van der Waals surface area contributed by atoms with Gasteiger partial charge < -0.3 is 15.0 Å². The molecule has 2 atom stereocenters. The minimum Gasteiger partial charge on any atom is -0.489 e. The molecule has 0 bridgehead atoms. The van der Waals surface area contributed by atoms with Crippen LogP contribution in [0.25, 0.3) is 0 Å². The normalized spacial score (nSPS) is 22.5. The van der Waals surface area contributed by atoms with E-state index in [2.05, 4.69) is 5.32 Å². The number of benzene rings is 2. The van der Waals surface area contributed by atoms with Crippen LogP contribution in [-0.2, 0) is 6.61 Å². The fraction of sp³-hybridized carbons (Fsp3) is 0.409. The van der Waals surface area contributed by atoms with Gasteiger partial charge in [-0.05, 0) is 67.6 Å². The van der Waals surface area contributed by atoms with Crippen LogP contribution in [0.1, 0.15) is 28.8 Å². The summed E-state index contributed by atoms with van der Waals surface area (Å²) in [6.07, 6.45) is 2.23. The summed E-state index contributed by atoms with van der Waals surface area (Å²) in [6.45, 7) is 4.50. The molecule has 1 amide bonds. The molecule has 2 aliphatic heterocycles. The third kappa shape index (κ3) is 3.91. The van der Waals surface area contributed by atoms with Gasteiger partial charge in [-0.15, -0.1) is 0 Å². The molecule has 4 rings (SSSR count). The van der Waals surface area contributed by atoms with Gasteiger partial charge in [0.2, 0.25) is 0 Å². The maximum atomic E-state index is 12.8. The predicted octanol–water partition coefficient (Wildman–Crippen LogP) is 3.34. The lowest BCUT2D eigenvalue weighted by Gasteiger charge is -2.21. The fourth-order valence-corrected chi connectivity index (χ4v) is 4.04. The van der Waals surface area contributed by atoms with E-state index in [1.54, 1.807) is 0 Å². The lowest BCUT2D eigenvalue weighted by atomic mass is 9.92. The molecule has 2 saturated heterocycles. The Bertz CT molecular complexity index is 716. The number of rotatable bonds is 4. The highest BCUT2D eigenvalue weighted by molar-refractivity contribution is 5.94. The number of nitrogens with zero attached hydrogens (tertiary/aromatic N) is 1. The number of ether oxygens (including phenoxy) is 1. The van der Waals surface area contributed by atoms with Crippen molar-refractivity contribution in [3.8, 4) is 5.75 Å². The van der Waals surface area contributed by atoms with Crippen molar-refractivity contribution < 1.29 is 9.53 Å². The average molecular weight is 350 g/mol. The molecule has 0 aromatic heterocycles. The monoisotopic (exact) mass is 350 g/mol. The lowest BCUT2D eigenvalue weighted by molar-refractivity contribution is 0.0758. The SMILES string of the molecule is O=C(c1ccc(OCc2ccccc2)cc1)N1CC[C@@H]2CNC[C@@H]2CC1. The highest BCUT2D eigenvalue weighted by Gasteiger charge is 2.31. The number of hydrogen-bond acceptors (Lipinski definition) is 3. The van der Waals surface area contributed by atoms with Gasteiger partial charge in [0.15, 0.2) is 0 Å². The van der Waals surface area contributed by atoms with Crippen molar-refractivity contribution in [3.63, 3.8) is 0 Å². The van der Waals surface area contributed by atoms with Crippen molar-refractivity contribution >= 4 is 5.91 Å². The number of nitrogens with one attached hydrogen (secondary N) is 1. The first-order valence-corrected chi connectivity index (χ1v) is 9.56. The van der Waals surface area contributed by atoms with Crippen molar-refractivity contribution in [3.05, 3.63) is 65.7 Å². The highest BCUT2D eigenvalue weighted by atomic mass is 16.5. The fourth-order valence-electron chi connectivity index (χ4n) is 4.04. The zero-order valence-corrected chi connectivity index (χ0v) is 15.1. The molecular weight excluding hydrogens is 324 g/mol. The molecule has 1 N–H and O–H groups in total. The van der Waals surface area contributed by atoms with Gasteiger partial charge in [0.1, 0.15) is 12.4 Å². The Morgan fingerprint density at radius 1 is 0.962 bits per heavy atom. The van der Waals surface area contributed by atoms with Crippen molar-refractivity contribution in [1.82, 2.24) is 10.2 Å². The molecule has 0 spiro atoms. The van der Waals surface area contributed by atoms with Crippen LogP contribution in [0.5, 0.6) is 5.75 Å². The number of carbonyl (C=O) groups excluding carboxylic acids is 1. The van der Waals surface area contributed by atoms with Crippen LogP contribution >= 0.6 is 0 Å². The van der Waals surface area contributed by atoms with E-state index in [1.165, 1.54) is 0 Å². The summed E-state index contributed by atoms with van der Waals surface area (Å²) in [7, 11) is 0. The average Bonchev–Trinajstić information content (AvgIpc) is 3.05. The van der Waals surface area contributed by atoms with E-state index in [0.29, 0.717) is 6.61 Å². The van der Waals surface area contributed by atoms with Gasteiger partial charge >= 0.3 is 0 Å². The molecule has 0 radical (unpaired) electrons. The Morgan fingerprint density at radius 3 is 2.27 bits per heavy atom. The second-order valence-electron chi connectivity index (χ2n) is 7.35. The van der Waals surface area contributed by atoms with Crippen LogP contribution in [0.4, 0.5) is 0 Å². The van der Waals surface area contributed by atoms with Crippen molar-refractivity contribution in [2.45, 2.75) is 19.4 Å². The van der Waals surface area contributed by atoms with Gasteiger partial charge in [-0.1, -0.05) is 30.3 Å². The highest BCUT2D eigenvalue weighted by Crippen LogP contribution is 2.28. The van der Waals surface area contributed by atoms with E-state index >= 15 is 0 Å². The number of likely N-dealkylation sites (tertiary alicyclic amines) is 1. The molecule has 0 unspecified atom stereocenters. The summed E-state index contributed by atoms with van der Waals surface area (Å²) in [5, 5.41) is 3.48. The van der Waals surface area contributed by atoms with E-state index in [-0.39, 0.29) is 5.91 Å². The van der Waals surface area contributed by atoms with Gasteiger partial charge in [-0.25, -0.2) is 0 Å². The van der Waals surface area contributed by atoms with Crippen LogP contribution in [0, 0.1) is 11.8 Å². The maximum absolute atomic E-state index is 12.8. The molecule has 2 aliphatic rings. The van der Waals surface area contributed by atoms with Gasteiger partial charge in [0, 0.05) is 18.7 Å². The van der Waals surface area contributed by atoms with Crippen LogP contribution < -0.4 is 10.1 Å². The van der Waals surface area contributed by atoms with E-state index in [0.717, 1.165) is 67.7 Å². The summed E-state index contributed by atoms with van der Waals surface area (Å²) in [4.78, 5) is 14.9. The van der Waals surface area contributed by atoms with Crippen molar-refractivity contribution in [1.29, 1.82) is 0 Å². The molecule has 136 valence electrons. The molecule has 2 aromatic rings. The number of fused-ring (bicyclic) bond motifs is 1. The van der Waals surface area contributed by atoms with E-state index < -0.39 is 0 Å². The third-order valence-electron chi connectivity index (χ3n) is 5.66. The Kier molecular flexibility index (Phi) is 5.21. The van der Waals surface area contributed by atoms with E-state index in [4.69, 9.17) is 4.74 Å². The third-order valence-corrected chi connectivity index (χ3v) is 5.66. The molecule has 4 nitrogen and oxygen atoms in total. The van der Waals surface area contributed by atoms with E-state index in [9.17, 15) is 4.79 Å². The maximum Gasteiger partial charge on any atom is 0.253 e. The quantitative estimate of drug-likeness (QED) is 0.920. The van der Waals surface area contributed by atoms with Gasteiger partial charge in [-0.2, -0.15) is 0 Å². The smallest absolute Gasteiger partial charge is 0.253 e. The van der Waals surface area contributed by atoms with Crippen LogP contribution in [0.3, 0.4) is 0 Å². The van der Waals surface area contributed by atoms with Crippen LogP contribution in [0.2, 0.25) is 0 Å². The summed E-state index contributed by atoms with van der Waals surface area (Å²) in [6, 6.07) is 17.7. The Balaban J connectivity index is 1.34. The zero-order chi connectivity index (χ0) is 17.8. The summed E-state index contributed by atoms with van der Waals surface area (Å²) in [5.74, 6) is 2.41. The molecule has 2 aromatic carbocycles. The van der Waals surface area contributed by atoms with Gasteiger partial charge in [0.05, 0.1) is 0 Å². The second kappa shape index (κ2) is 7.92. The standard InChI is InChI=1S/C22H26N2O2/c25-22(24-12-10-19-14-23-15-20(19)11-13-24)18-6-8-21(9-7-18)26-16-17-4-2-1-3-5-17/h1-9,19-20,23H,10-16H2/t19-,20+. The van der Waals surface area contributed by atoms with Gasteiger partial charge in [0.25, 0.3) is 5.91 Å². The molecule has 0 aliphatic carbocycles. The number of hydrogen-bond donors (Lipinski definition) is 1. The Morgan fingerprint density at radius 2 is 1.62 bits per heavy atom. The number of amides is 1. The zero-order valence-electron chi connectivity index (χ0n) is 15.1. The second-order valence-corrected chi connectivity index (χ2v) is 7.35. The summed E-state index contributed by atoms with van der Waals surface area (Å²) < 4.78 is 5.81. The lowest BCUT2D eigenvalue weighted by Crippen LogP contribution is -2.32. The molecule has 0 saturated carbocycles. The summed E-state index contributed by atoms with van der Waals surface area (Å²) >= 11 is 0. The molecular formula is C22H26N2O2. The Labute approximate surface area is 155 Å². The van der Waals surface area contributed by atoms with E-state index in [1.807, 2.05) is 59.5 Å². The first kappa shape index (κ1) is 17.1. The molecule has 4 heteroatoms. The number of carbonyl (C=O) groups is 1. The molecule has 26 heavy (non-hydrogen) atoms. The minimum absolute atomic E-state index is 0.146. The van der Waals surface area contributed by atoms with Crippen LogP contribution in [0.15, 0.2) is 54.6 Å². The first-order chi connectivity index (χ1) is 12.8. The van der Waals surface area contributed by atoms with Crippen molar-refractivity contribution in [2.75, 3.05) is 26.2 Å².